The van der Waals surface area contributed by atoms with Crippen molar-refractivity contribution in [2.75, 3.05) is 0 Å². The zero-order valence-corrected chi connectivity index (χ0v) is 11.7. The number of hydrogen-bond donors (Lipinski definition) is 1. The van der Waals surface area contributed by atoms with Gasteiger partial charge in [-0.05, 0) is 25.0 Å². The molecule has 0 bridgehead atoms. The summed E-state index contributed by atoms with van der Waals surface area (Å²) >= 11 is 5.93. The van der Waals surface area contributed by atoms with Crippen molar-refractivity contribution in [3.8, 4) is 5.69 Å². The van der Waals surface area contributed by atoms with E-state index >= 15 is 0 Å². The van der Waals surface area contributed by atoms with Crippen molar-refractivity contribution < 1.29 is 0 Å². The van der Waals surface area contributed by atoms with Crippen LogP contribution < -0.4 is 11.2 Å². The van der Waals surface area contributed by atoms with Crippen molar-refractivity contribution in [3.05, 3.63) is 55.6 Å². The number of H-pyrrole nitrogens is 1. The number of pyridine rings is 1. The lowest BCUT2D eigenvalue weighted by Crippen LogP contribution is -2.36. The highest BCUT2D eigenvalue weighted by Crippen LogP contribution is 2.17. The molecule has 2 rings (SSSR count). The number of rotatable bonds is 2. The maximum absolute atomic E-state index is 12.4. The zero-order chi connectivity index (χ0) is 14.2. The first-order valence-corrected chi connectivity index (χ1v) is 6.27. The van der Waals surface area contributed by atoms with Gasteiger partial charge in [0.15, 0.2) is 0 Å². The minimum Gasteiger partial charge on any atom is -0.297 e. The van der Waals surface area contributed by atoms with Gasteiger partial charge in [-0.15, -0.1) is 0 Å². The fraction of sp³-hybridized carbons (Fsp3) is 0.308. The smallest absolute Gasteiger partial charge is 0.297 e. The molecule has 0 saturated heterocycles. The predicted octanol–water partition coefficient (Wildman–Crippen LogP) is 2.01. The molecule has 6 heteroatoms. The maximum Gasteiger partial charge on any atom is 0.334 e. The lowest BCUT2D eigenvalue weighted by Gasteiger charge is -2.11. The molecular weight excluding hydrogens is 266 g/mol. The van der Waals surface area contributed by atoms with Crippen LogP contribution in [0.1, 0.15) is 31.0 Å². The average Bonchev–Trinajstić information content (AvgIpc) is 2.30. The number of nitrogens with zero attached hydrogens (tertiary/aromatic N) is 2. The van der Waals surface area contributed by atoms with Gasteiger partial charge < -0.3 is 0 Å². The van der Waals surface area contributed by atoms with Gasteiger partial charge in [0.1, 0.15) is 5.15 Å². The van der Waals surface area contributed by atoms with Crippen molar-refractivity contribution in [2.45, 2.75) is 26.7 Å². The van der Waals surface area contributed by atoms with Crippen LogP contribution in [0.3, 0.4) is 0 Å². The Bertz CT molecular complexity index is 714. The first kappa shape index (κ1) is 13.5. The largest absolute Gasteiger partial charge is 0.334 e. The summed E-state index contributed by atoms with van der Waals surface area (Å²) in [6.45, 7) is 5.52. The maximum atomic E-state index is 12.4. The number of aromatic nitrogens is 3. The third-order valence-electron chi connectivity index (χ3n) is 2.82. The van der Waals surface area contributed by atoms with E-state index in [0.29, 0.717) is 11.3 Å². The van der Waals surface area contributed by atoms with E-state index in [0.717, 1.165) is 10.3 Å². The molecule has 0 atom stereocenters. The molecule has 2 aromatic rings. The molecule has 0 aromatic carbocycles. The molecule has 0 aliphatic carbocycles. The summed E-state index contributed by atoms with van der Waals surface area (Å²) in [6.07, 6.45) is 1.49. The predicted molar refractivity (Wildman–Crippen MR) is 74.3 cm³/mol. The van der Waals surface area contributed by atoms with E-state index in [-0.39, 0.29) is 11.1 Å². The Morgan fingerprint density at radius 2 is 2.00 bits per heavy atom. The van der Waals surface area contributed by atoms with Crippen molar-refractivity contribution in [1.29, 1.82) is 0 Å². The quantitative estimate of drug-likeness (QED) is 0.855. The van der Waals surface area contributed by atoms with Crippen molar-refractivity contribution in [3.63, 3.8) is 0 Å². The summed E-state index contributed by atoms with van der Waals surface area (Å²) in [5, 5.41) is 0.0984. The van der Waals surface area contributed by atoms with E-state index in [1.165, 1.54) is 6.20 Å². The van der Waals surface area contributed by atoms with E-state index in [1.807, 2.05) is 20.8 Å². The minimum absolute atomic E-state index is 0.0819. The summed E-state index contributed by atoms with van der Waals surface area (Å²) in [7, 11) is 0. The standard InChI is InChI=1S/C13H14ClN3O2/c1-7(2)10-11(14)16-13(19)17(12(10)18)9-5-4-8(3)15-6-9/h4-7H,1-3H3,(H,16,19). The van der Waals surface area contributed by atoms with Crippen LogP contribution in [-0.4, -0.2) is 14.5 Å². The summed E-state index contributed by atoms with van der Waals surface area (Å²) in [4.78, 5) is 30.9. The van der Waals surface area contributed by atoms with Gasteiger partial charge in [-0.1, -0.05) is 25.4 Å². The first-order chi connectivity index (χ1) is 8.91. The topological polar surface area (TPSA) is 67.8 Å². The molecule has 0 spiro atoms. The van der Waals surface area contributed by atoms with E-state index in [4.69, 9.17) is 11.6 Å². The van der Waals surface area contributed by atoms with Gasteiger partial charge in [0.05, 0.1) is 17.4 Å². The average molecular weight is 280 g/mol. The Labute approximate surface area is 114 Å². The van der Waals surface area contributed by atoms with Gasteiger partial charge in [-0.25, -0.2) is 9.36 Å². The third-order valence-corrected chi connectivity index (χ3v) is 3.12. The molecular formula is C13H14ClN3O2. The highest BCUT2D eigenvalue weighted by Gasteiger charge is 2.16. The van der Waals surface area contributed by atoms with Crippen LogP contribution in [0.15, 0.2) is 27.9 Å². The number of halogens is 1. The molecule has 1 N–H and O–H groups in total. The van der Waals surface area contributed by atoms with Crippen LogP contribution in [0.5, 0.6) is 0 Å². The van der Waals surface area contributed by atoms with Gasteiger partial charge in [0.25, 0.3) is 5.56 Å². The van der Waals surface area contributed by atoms with Gasteiger partial charge in [0, 0.05) is 5.69 Å². The molecule has 19 heavy (non-hydrogen) atoms. The van der Waals surface area contributed by atoms with Crippen LogP contribution in [0.2, 0.25) is 5.15 Å². The Morgan fingerprint density at radius 3 is 2.53 bits per heavy atom. The molecule has 5 nitrogen and oxygen atoms in total. The Balaban J connectivity index is 2.78. The SMILES string of the molecule is Cc1ccc(-n2c(=O)[nH]c(Cl)c(C(C)C)c2=O)cn1. The fourth-order valence-corrected chi connectivity index (χ4v) is 2.23. The van der Waals surface area contributed by atoms with Crippen LogP contribution in [0.4, 0.5) is 0 Å². The van der Waals surface area contributed by atoms with Crippen molar-refractivity contribution >= 4 is 11.6 Å². The molecule has 0 aliphatic heterocycles. The van der Waals surface area contributed by atoms with Crippen LogP contribution >= 0.6 is 11.6 Å². The lowest BCUT2D eigenvalue weighted by atomic mass is 10.1. The van der Waals surface area contributed by atoms with Crippen molar-refractivity contribution in [1.82, 2.24) is 14.5 Å². The molecule has 0 radical (unpaired) electrons. The molecule has 0 amide bonds. The Kier molecular flexibility index (Phi) is 3.57. The summed E-state index contributed by atoms with van der Waals surface area (Å²) in [5.41, 5.74) is 0.656. The second-order valence-electron chi connectivity index (χ2n) is 4.61. The fourth-order valence-electron chi connectivity index (χ4n) is 1.85. The minimum atomic E-state index is -0.565. The van der Waals surface area contributed by atoms with E-state index in [2.05, 4.69) is 9.97 Å². The van der Waals surface area contributed by atoms with E-state index < -0.39 is 11.2 Å². The molecule has 2 aromatic heterocycles. The van der Waals surface area contributed by atoms with Gasteiger partial charge >= 0.3 is 5.69 Å². The molecule has 0 fully saturated rings. The Morgan fingerprint density at radius 1 is 1.32 bits per heavy atom. The van der Waals surface area contributed by atoms with Crippen molar-refractivity contribution in [2.24, 2.45) is 0 Å². The highest BCUT2D eigenvalue weighted by atomic mass is 35.5. The van der Waals surface area contributed by atoms with Crippen LogP contribution in [0, 0.1) is 6.92 Å². The summed E-state index contributed by atoms with van der Waals surface area (Å²) < 4.78 is 1.05. The first-order valence-electron chi connectivity index (χ1n) is 5.89. The summed E-state index contributed by atoms with van der Waals surface area (Å²) in [5.74, 6) is -0.0819. The lowest BCUT2D eigenvalue weighted by molar-refractivity contribution is 0.775. The number of aryl methyl sites for hydroxylation is 1. The molecule has 2 heterocycles. The second kappa shape index (κ2) is 5.01. The van der Waals surface area contributed by atoms with Gasteiger partial charge in [-0.2, -0.15) is 0 Å². The van der Waals surface area contributed by atoms with Gasteiger partial charge in [-0.3, -0.25) is 14.8 Å². The molecule has 0 saturated carbocycles. The zero-order valence-electron chi connectivity index (χ0n) is 10.9. The van der Waals surface area contributed by atoms with E-state index in [9.17, 15) is 9.59 Å². The molecule has 0 aliphatic rings. The van der Waals surface area contributed by atoms with Crippen LogP contribution in [0.25, 0.3) is 5.69 Å². The highest BCUT2D eigenvalue weighted by molar-refractivity contribution is 6.30. The molecule has 100 valence electrons. The molecule has 0 unspecified atom stereocenters. The van der Waals surface area contributed by atoms with Crippen LogP contribution in [-0.2, 0) is 0 Å². The number of nitrogens with one attached hydrogen (secondary N) is 1. The second-order valence-corrected chi connectivity index (χ2v) is 4.99. The third kappa shape index (κ3) is 2.46. The number of hydrogen-bond acceptors (Lipinski definition) is 3. The monoisotopic (exact) mass is 279 g/mol. The summed E-state index contributed by atoms with van der Waals surface area (Å²) in [6, 6.07) is 3.42. The van der Waals surface area contributed by atoms with E-state index in [1.54, 1.807) is 12.1 Å². The normalized spacial score (nSPS) is 11.0. The number of aromatic amines is 1. The van der Waals surface area contributed by atoms with Gasteiger partial charge in [0.2, 0.25) is 0 Å². The Hall–Kier alpha value is -1.88.